The van der Waals surface area contributed by atoms with Crippen LogP contribution in [0.25, 0.3) is 0 Å². The van der Waals surface area contributed by atoms with Gasteiger partial charge >= 0.3 is 0 Å². The summed E-state index contributed by atoms with van der Waals surface area (Å²) in [7, 11) is -3.66. The lowest BCUT2D eigenvalue weighted by Crippen LogP contribution is -2.35. The van der Waals surface area contributed by atoms with E-state index in [9.17, 15) is 13.2 Å². The molecule has 2 heterocycles. The van der Waals surface area contributed by atoms with Gasteiger partial charge in [0.15, 0.2) is 0 Å². The first-order chi connectivity index (χ1) is 14.0. The van der Waals surface area contributed by atoms with Crippen LogP contribution in [0.4, 0.5) is 5.69 Å². The van der Waals surface area contributed by atoms with Gasteiger partial charge in [0, 0.05) is 36.2 Å². The Kier molecular flexibility index (Phi) is 5.17. The fourth-order valence-electron chi connectivity index (χ4n) is 3.57. The van der Waals surface area contributed by atoms with Gasteiger partial charge in [-0.3, -0.25) is 9.78 Å². The number of amides is 1. The normalized spacial score (nSPS) is 15.9. The first-order valence-electron chi connectivity index (χ1n) is 9.36. The van der Waals surface area contributed by atoms with Crippen LogP contribution in [0, 0.1) is 0 Å². The van der Waals surface area contributed by atoms with Crippen LogP contribution in [0.15, 0.2) is 78.0 Å². The predicted molar refractivity (Wildman–Crippen MR) is 111 cm³/mol. The van der Waals surface area contributed by atoms with E-state index in [2.05, 4.69) is 9.71 Å². The molecule has 0 saturated heterocycles. The Morgan fingerprint density at radius 2 is 1.83 bits per heavy atom. The van der Waals surface area contributed by atoms with Gasteiger partial charge < -0.3 is 4.90 Å². The molecule has 0 spiro atoms. The second kappa shape index (κ2) is 7.77. The molecule has 0 unspecified atom stereocenters. The Balaban J connectivity index is 1.58. The largest absolute Gasteiger partial charge is 0.305 e. The third-order valence-corrected chi connectivity index (χ3v) is 6.43. The van der Waals surface area contributed by atoms with E-state index in [1.54, 1.807) is 59.8 Å². The molecule has 0 fully saturated rings. The van der Waals surface area contributed by atoms with Crippen LogP contribution in [0.1, 0.15) is 28.4 Å². The molecule has 2 aromatic carbocycles. The third kappa shape index (κ3) is 3.92. The van der Waals surface area contributed by atoms with E-state index in [-0.39, 0.29) is 23.4 Å². The zero-order valence-corrected chi connectivity index (χ0v) is 16.8. The van der Waals surface area contributed by atoms with Crippen LogP contribution < -0.4 is 9.62 Å². The Labute approximate surface area is 170 Å². The highest BCUT2D eigenvalue weighted by molar-refractivity contribution is 7.89. The summed E-state index contributed by atoms with van der Waals surface area (Å²) in [6.45, 7) is 2.16. The lowest BCUT2D eigenvalue weighted by atomic mass is 10.1. The number of aromatic nitrogens is 1. The summed E-state index contributed by atoms with van der Waals surface area (Å²) < 4.78 is 28.1. The highest BCUT2D eigenvalue weighted by Gasteiger charge is 2.32. The van der Waals surface area contributed by atoms with E-state index in [0.717, 1.165) is 16.8 Å². The molecule has 1 N–H and O–H groups in total. The molecule has 148 valence electrons. The molecule has 1 atom stereocenters. The number of anilines is 1. The topological polar surface area (TPSA) is 79.4 Å². The lowest BCUT2D eigenvalue weighted by Gasteiger charge is -2.23. The summed E-state index contributed by atoms with van der Waals surface area (Å²) >= 11 is 0. The zero-order valence-electron chi connectivity index (χ0n) is 15.9. The van der Waals surface area contributed by atoms with Crippen LogP contribution in [0.3, 0.4) is 0 Å². The predicted octanol–water partition coefficient (Wildman–Crippen LogP) is 3.15. The zero-order chi connectivity index (χ0) is 20.4. The van der Waals surface area contributed by atoms with Crippen LogP contribution in [-0.4, -0.2) is 25.4 Å². The summed E-state index contributed by atoms with van der Waals surface area (Å²) in [6.07, 6.45) is 3.86. The molecule has 0 radical (unpaired) electrons. The Morgan fingerprint density at radius 3 is 2.55 bits per heavy atom. The SMILES string of the molecule is C[C@@H]1Cc2cc(S(=O)(=O)NCc3ccncc3)ccc2N1C(=O)c1ccccc1. The van der Waals surface area contributed by atoms with Crippen molar-refractivity contribution in [1.82, 2.24) is 9.71 Å². The first kappa shape index (κ1) is 19.3. The minimum Gasteiger partial charge on any atom is -0.305 e. The monoisotopic (exact) mass is 407 g/mol. The van der Waals surface area contributed by atoms with Gasteiger partial charge in [0.2, 0.25) is 10.0 Å². The number of hydrogen-bond donors (Lipinski definition) is 1. The van der Waals surface area contributed by atoms with Crippen LogP contribution >= 0.6 is 0 Å². The maximum absolute atomic E-state index is 13.0. The van der Waals surface area contributed by atoms with Crippen molar-refractivity contribution in [2.24, 2.45) is 0 Å². The number of rotatable bonds is 5. The van der Waals surface area contributed by atoms with Crippen molar-refractivity contribution in [1.29, 1.82) is 0 Å². The highest BCUT2D eigenvalue weighted by atomic mass is 32.2. The standard InChI is InChI=1S/C22H21N3O3S/c1-16-13-19-14-20(29(27,28)24-15-17-9-11-23-12-10-17)7-8-21(19)25(16)22(26)18-5-3-2-4-6-18/h2-12,14,16,24H,13,15H2,1H3/t16-/m1/s1. The molecule has 1 aromatic heterocycles. The molecule has 1 aliphatic heterocycles. The average molecular weight is 407 g/mol. The maximum Gasteiger partial charge on any atom is 0.258 e. The van der Waals surface area contributed by atoms with Crippen molar-refractivity contribution in [3.63, 3.8) is 0 Å². The van der Waals surface area contributed by atoms with Gasteiger partial charge in [0.25, 0.3) is 5.91 Å². The van der Waals surface area contributed by atoms with E-state index in [0.29, 0.717) is 12.0 Å². The molecular weight excluding hydrogens is 386 g/mol. The van der Waals surface area contributed by atoms with E-state index >= 15 is 0 Å². The van der Waals surface area contributed by atoms with Crippen molar-refractivity contribution in [3.05, 3.63) is 89.7 Å². The van der Waals surface area contributed by atoms with Crippen molar-refractivity contribution < 1.29 is 13.2 Å². The first-order valence-corrected chi connectivity index (χ1v) is 10.8. The van der Waals surface area contributed by atoms with E-state index in [1.165, 1.54) is 0 Å². The number of carbonyl (C=O) groups excluding carboxylic acids is 1. The summed E-state index contributed by atoms with van der Waals surface area (Å²) in [5.41, 5.74) is 3.06. The number of nitrogens with zero attached hydrogens (tertiary/aromatic N) is 2. The molecule has 3 aromatic rings. The second-order valence-corrected chi connectivity index (χ2v) is 8.83. The summed E-state index contributed by atoms with van der Waals surface area (Å²) in [5.74, 6) is -0.0803. The maximum atomic E-state index is 13.0. The molecule has 7 heteroatoms. The second-order valence-electron chi connectivity index (χ2n) is 7.06. The summed E-state index contributed by atoms with van der Waals surface area (Å²) in [4.78, 5) is 18.8. The van der Waals surface area contributed by atoms with Crippen LogP contribution in [-0.2, 0) is 23.0 Å². The Morgan fingerprint density at radius 1 is 1.10 bits per heavy atom. The molecular formula is C22H21N3O3S. The fraction of sp³-hybridized carbons (Fsp3) is 0.182. The molecule has 0 saturated carbocycles. The van der Waals surface area contributed by atoms with E-state index in [1.807, 2.05) is 25.1 Å². The van der Waals surface area contributed by atoms with Crippen molar-refractivity contribution in [2.45, 2.75) is 30.8 Å². The van der Waals surface area contributed by atoms with Gasteiger partial charge in [0.05, 0.1) is 4.90 Å². The van der Waals surface area contributed by atoms with Gasteiger partial charge in [-0.2, -0.15) is 0 Å². The van der Waals surface area contributed by atoms with E-state index < -0.39 is 10.0 Å². The van der Waals surface area contributed by atoms with Crippen molar-refractivity contribution in [3.8, 4) is 0 Å². The molecule has 1 aliphatic rings. The number of benzene rings is 2. The minimum absolute atomic E-state index is 0.0413. The number of hydrogen-bond acceptors (Lipinski definition) is 4. The molecule has 6 nitrogen and oxygen atoms in total. The molecule has 0 aliphatic carbocycles. The van der Waals surface area contributed by atoms with Crippen LogP contribution in [0.5, 0.6) is 0 Å². The minimum atomic E-state index is -3.66. The Bertz CT molecular complexity index is 1130. The smallest absolute Gasteiger partial charge is 0.258 e. The van der Waals surface area contributed by atoms with Gasteiger partial charge in [0.1, 0.15) is 0 Å². The van der Waals surface area contributed by atoms with Gasteiger partial charge in [-0.25, -0.2) is 13.1 Å². The third-order valence-electron chi connectivity index (χ3n) is 5.03. The van der Waals surface area contributed by atoms with Gasteiger partial charge in [-0.1, -0.05) is 18.2 Å². The molecule has 4 rings (SSSR count). The number of pyridine rings is 1. The average Bonchev–Trinajstić information content (AvgIpc) is 3.08. The number of sulfonamides is 1. The number of nitrogens with one attached hydrogen (secondary N) is 1. The van der Waals surface area contributed by atoms with Gasteiger partial charge in [-0.15, -0.1) is 0 Å². The lowest BCUT2D eigenvalue weighted by molar-refractivity contribution is 0.0981. The van der Waals surface area contributed by atoms with Crippen LogP contribution in [0.2, 0.25) is 0 Å². The molecule has 0 bridgehead atoms. The Hall–Kier alpha value is -3.03. The molecule has 29 heavy (non-hydrogen) atoms. The van der Waals surface area contributed by atoms with E-state index in [4.69, 9.17) is 0 Å². The fourth-order valence-corrected chi connectivity index (χ4v) is 4.63. The molecule has 1 amide bonds. The van der Waals surface area contributed by atoms with Gasteiger partial charge in [-0.05, 0) is 66.9 Å². The van der Waals surface area contributed by atoms with Crippen molar-refractivity contribution in [2.75, 3.05) is 4.90 Å². The number of fused-ring (bicyclic) bond motifs is 1. The number of carbonyl (C=O) groups is 1. The van der Waals surface area contributed by atoms with Crippen molar-refractivity contribution >= 4 is 21.6 Å². The quantitative estimate of drug-likeness (QED) is 0.705. The summed E-state index contributed by atoms with van der Waals surface area (Å²) in [6, 6.07) is 17.5. The summed E-state index contributed by atoms with van der Waals surface area (Å²) in [5, 5.41) is 0. The highest BCUT2D eigenvalue weighted by Crippen LogP contribution is 2.35.